The summed E-state index contributed by atoms with van der Waals surface area (Å²) >= 11 is 0. The van der Waals surface area contributed by atoms with Gasteiger partial charge in [0.15, 0.2) is 5.78 Å². The molecule has 0 heterocycles. The number of benzene rings is 1. The average molecular weight is 210 g/mol. The number of allylic oxidation sites excluding steroid dienone is 2. The number of carbonyl (C=O) groups is 1. The molecule has 0 N–H and O–H groups in total. The largest absolute Gasteiger partial charge is 0.294 e. The molecule has 0 aliphatic heterocycles. The van der Waals surface area contributed by atoms with Crippen molar-refractivity contribution in [3.8, 4) is 0 Å². The van der Waals surface area contributed by atoms with Crippen LogP contribution in [0.3, 0.4) is 0 Å². The molecule has 2 bridgehead atoms. The molecule has 0 saturated heterocycles. The van der Waals surface area contributed by atoms with E-state index in [0.29, 0.717) is 35.4 Å². The van der Waals surface area contributed by atoms with E-state index in [1.54, 1.807) is 0 Å². The fourth-order valence-electron chi connectivity index (χ4n) is 3.93. The van der Waals surface area contributed by atoms with E-state index in [9.17, 15) is 4.79 Å². The molecule has 1 aromatic rings. The van der Waals surface area contributed by atoms with E-state index in [1.807, 2.05) is 30.3 Å². The van der Waals surface area contributed by atoms with Gasteiger partial charge in [0.25, 0.3) is 0 Å². The highest BCUT2D eigenvalue weighted by atomic mass is 16.1. The van der Waals surface area contributed by atoms with Crippen LogP contribution in [-0.4, -0.2) is 5.78 Å². The molecule has 0 aromatic heterocycles. The third-order valence-corrected chi connectivity index (χ3v) is 4.63. The smallest absolute Gasteiger partial charge is 0.166 e. The lowest BCUT2D eigenvalue weighted by Crippen LogP contribution is -2.10. The SMILES string of the molecule is O=C(c1ccccc1)C1[C@@H]2[C@H]1[C@H]1C=C[C@@H]2C1. The monoisotopic (exact) mass is 210 g/mol. The summed E-state index contributed by atoms with van der Waals surface area (Å²) in [5.74, 6) is 3.51. The van der Waals surface area contributed by atoms with Gasteiger partial charge in [0.1, 0.15) is 0 Å². The predicted octanol–water partition coefficient (Wildman–Crippen LogP) is 2.94. The van der Waals surface area contributed by atoms with E-state index in [2.05, 4.69) is 12.2 Å². The maximum atomic E-state index is 12.3. The highest BCUT2D eigenvalue weighted by Crippen LogP contribution is 2.67. The summed E-state index contributed by atoms with van der Waals surface area (Å²) in [7, 11) is 0. The lowest BCUT2D eigenvalue weighted by Gasteiger charge is -2.07. The quantitative estimate of drug-likeness (QED) is 0.542. The van der Waals surface area contributed by atoms with E-state index in [1.165, 1.54) is 6.42 Å². The molecule has 1 nitrogen and oxygen atoms in total. The Bertz CT molecular complexity index is 455. The summed E-state index contributed by atoms with van der Waals surface area (Å²) in [6.45, 7) is 0. The number of rotatable bonds is 2. The standard InChI is InChI=1S/C15H14O/c16-15(9-4-2-1-3-5-9)14-12-10-6-7-11(8-10)13(12)14/h1-7,10-14H,8H2/t10-,11+,12+,13-,14?. The van der Waals surface area contributed by atoms with Crippen molar-refractivity contribution in [1.29, 1.82) is 0 Å². The van der Waals surface area contributed by atoms with Crippen LogP contribution < -0.4 is 0 Å². The van der Waals surface area contributed by atoms with Gasteiger partial charge in [0.05, 0.1) is 0 Å². The van der Waals surface area contributed by atoms with E-state index < -0.39 is 0 Å². The summed E-state index contributed by atoms with van der Waals surface area (Å²) in [4.78, 5) is 12.3. The molecule has 2 saturated carbocycles. The molecular weight excluding hydrogens is 196 g/mol. The normalized spacial score (nSPS) is 42.1. The third kappa shape index (κ3) is 0.986. The molecule has 0 spiro atoms. The Morgan fingerprint density at radius 3 is 2.25 bits per heavy atom. The van der Waals surface area contributed by atoms with Gasteiger partial charge in [-0.3, -0.25) is 4.79 Å². The van der Waals surface area contributed by atoms with E-state index in [0.717, 1.165) is 5.56 Å². The van der Waals surface area contributed by atoms with Gasteiger partial charge in [-0.05, 0) is 30.1 Å². The van der Waals surface area contributed by atoms with Gasteiger partial charge in [0, 0.05) is 11.5 Å². The number of fused-ring (bicyclic) bond motifs is 5. The lowest BCUT2D eigenvalue weighted by molar-refractivity contribution is 0.0946. The second-order valence-electron chi connectivity index (χ2n) is 5.36. The van der Waals surface area contributed by atoms with Crippen molar-refractivity contribution in [1.82, 2.24) is 0 Å². The van der Waals surface area contributed by atoms with E-state index in [4.69, 9.17) is 0 Å². The Balaban J connectivity index is 1.61. The van der Waals surface area contributed by atoms with Gasteiger partial charge < -0.3 is 0 Å². The van der Waals surface area contributed by atoms with Gasteiger partial charge in [-0.15, -0.1) is 0 Å². The van der Waals surface area contributed by atoms with Crippen molar-refractivity contribution in [2.75, 3.05) is 0 Å². The first-order chi connectivity index (χ1) is 7.86. The highest BCUT2D eigenvalue weighted by Gasteiger charge is 2.65. The molecule has 1 heteroatoms. The predicted molar refractivity (Wildman–Crippen MR) is 62.0 cm³/mol. The minimum Gasteiger partial charge on any atom is -0.294 e. The number of ketones is 1. The van der Waals surface area contributed by atoms with E-state index >= 15 is 0 Å². The van der Waals surface area contributed by atoms with Gasteiger partial charge in [-0.25, -0.2) is 0 Å². The van der Waals surface area contributed by atoms with Crippen molar-refractivity contribution in [3.63, 3.8) is 0 Å². The van der Waals surface area contributed by atoms with Crippen molar-refractivity contribution >= 4 is 5.78 Å². The Morgan fingerprint density at radius 2 is 1.62 bits per heavy atom. The number of Topliss-reactive ketones (excluding diaryl/α,β-unsaturated/α-hetero) is 1. The van der Waals surface area contributed by atoms with Gasteiger partial charge in [0.2, 0.25) is 0 Å². The Labute approximate surface area is 95.2 Å². The lowest BCUT2D eigenvalue weighted by atomic mass is 9.95. The van der Waals surface area contributed by atoms with Gasteiger partial charge in [-0.2, -0.15) is 0 Å². The first-order valence-electron chi connectivity index (χ1n) is 6.14. The summed E-state index contributed by atoms with van der Waals surface area (Å²) in [6.07, 6.45) is 5.99. The van der Waals surface area contributed by atoms with Crippen LogP contribution in [0.25, 0.3) is 0 Å². The number of carbonyl (C=O) groups excluding carboxylic acids is 1. The zero-order chi connectivity index (χ0) is 10.7. The molecule has 4 rings (SSSR count). The van der Waals surface area contributed by atoms with Crippen LogP contribution in [0.1, 0.15) is 16.8 Å². The molecule has 1 aromatic carbocycles. The molecular formula is C15H14O. The highest BCUT2D eigenvalue weighted by molar-refractivity contribution is 6.00. The number of hydrogen-bond acceptors (Lipinski definition) is 1. The van der Waals surface area contributed by atoms with Crippen LogP contribution >= 0.6 is 0 Å². The fraction of sp³-hybridized carbons (Fsp3) is 0.400. The van der Waals surface area contributed by atoms with Crippen molar-refractivity contribution in [3.05, 3.63) is 48.0 Å². The summed E-state index contributed by atoms with van der Waals surface area (Å²) < 4.78 is 0. The first-order valence-corrected chi connectivity index (χ1v) is 6.14. The second-order valence-corrected chi connectivity index (χ2v) is 5.36. The van der Waals surface area contributed by atoms with E-state index in [-0.39, 0.29) is 0 Å². The van der Waals surface area contributed by atoms with Crippen LogP contribution in [-0.2, 0) is 0 Å². The number of hydrogen-bond donors (Lipinski definition) is 0. The van der Waals surface area contributed by atoms with Crippen molar-refractivity contribution in [2.45, 2.75) is 6.42 Å². The second kappa shape index (κ2) is 2.85. The minimum absolute atomic E-state index is 0.334. The molecule has 16 heavy (non-hydrogen) atoms. The molecule has 2 fully saturated rings. The van der Waals surface area contributed by atoms with Crippen LogP contribution in [0.5, 0.6) is 0 Å². The summed E-state index contributed by atoms with van der Waals surface area (Å²) in [5, 5.41) is 0. The van der Waals surface area contributed by atoms with Crippen LogP contribution in [0.15, 0.2) is 42.5 Å². The van der Waals surface area contributed by atoms with Gasteiger partial charge in [-0.1, -0.05) is 42.5 Å². The van der Waals surface area contributed by atoms with Crippen LogP contribution in [0.4, 0.5) is 0 Å². The van der Waals surface area contributed by atoms with Crippen LogP contribution in [0, 0.1) is 29.6 Å². The first kappa shape index (κ1) is 8.74. The Morgan fingerprint density at radius 1 is 1.00 bits per heavy atom. The molecule has 3 aliphatic rings. The van der Waals surface area contributed by atoms with Crippen molar-refractivity contribution < 1.29 is 4.79 Å². The minimum atomic E-state index is 0.334. The Hall–Kier alpha value is -1.37. The molecule has 0 amide bonds. The fourth-order valence-corrected chi connectivity index (χ4v) is 3.93. The zero-order valence-corrected chi connectivity index (χ0v) is 9.04. The summed E-state index contributed by atoms with van der Waals surface area (Å²) in [5.41, 5.74) is 0.904. The molecule has 5 atom stereocenters. The maximum absolute atomic E-state index is 12.3. The molecule has 1 unspecified atom stereocenters. The molecule has 80 valence electrons. The van der Waals surface area contributed by atoms with Gasteiger partial charge >= 0.3 is 0 Å². The maximum Gasteiger partial charge on any atom is 0.166 e. The van der Waals surface area contributed by atoms with Crippen molar-refractivity contribution in [2.24, 2.45) is 29.6 Å². The summed E-state index contributed by atoms with van der Waals surface area (Å²) in [6, 6.07) is 9.78. The molecule has 0 radical (unpaired) electrons. The average Bonchev–Trinajstić information content (AvgIpc) is 2.77. The third-order valence-electron chi connectivity index (χ3n) is 4.63. The van der Waals surface area contributed by atoms with Crippen LogP contribution in [0.2, 0.25) is 0 Å². The Kier molecular flexibility index (Phi) is 1.56. The zero-order valence-electron chi connectivity index (χ0n) is 9.04. The topological polar surface area (TPSA) is 17.1 Å². The molecule has 3 aliphatic carbocycles.